The Morgan fingerprint density at radius 3 is 2.79 bits per heavy atom. The fourth-order valence-corrected chi connectivity index (χ4v) is 5.19. The molecule has 0 unspecified atom stereocenters. The summed E-state index contributed by atoms with van der Waals surface area (Å²) in [7, 11) is 0. The van der Waals surface area contributed by atoms with E-state index in [-0.39, 0.29) is 11.8 Å². The van der Waals surface area contributed by atoms with Crippen molar-refractivity contribution in [2.45, 2.75) is 45.4 Å². The maximum atomic E-state index is 12.6. The number of pyridine rings is 3. The lowest BCUT2D eigenvalue weighted by Gasteiger charge is -2.47. The van der Waals surface area contributed by atoms with Crippen molar-refractivity contribution in [2.24, 2.45) is 11.3 Å². The summed E-state index contributed by atoms with van der Waals surface area (Å²) in [6, 6.07) is 8.09. The molecule has 33 heavy (non-hydrogen) atoms. The average Bonchev–Trinajstić information content (AvgIpc) is 2.78. The molecule has 3 N–H and O–H groups in total. The minimum absolute atomic E-state index is 0.164. The molecule has 7 nitrogen and oxygen atoms in total. The number of amides is 1. The van der Waals surface area contributed by atoms with Crippen molar-refractivity contribution >= 4 is 28.3 Å². The number of nitrogen functional groups attached to an aromatic ring is 1. The van der Waals surface area contributed by atoms with Crippen molar-refractivity contribution in [3.8, 4) is 17.3 Å². The van der Waals surface area contributed by atoms with E-state index < -0.39 is 0 Å². The number of aryl methyl sites for hydroxylation is 1. The molecule has 0 aliphatic heterocycles. The van der Waals surface area contributed by atoms with Crippen molar-refractivity contribution in [1.82, 2.24) is 15.0 Å². The van der Waals surface area contributed by atoms with E-state index in [2.05, 4.69) is 26.3 Å². The molecule has 2 aliphatic carbocycles. The first-order valence-electron chi connectivity index (χ1n) is 11.3. The van der Waals surface area contributed by atoms with Crippen LogP contribution in [0, 0.1) is 29.6 Å². The summed E-state index contributed by atoms with van der Waals surface area (Å²) in [5.74, 6) is 0.914. The number of hydrogen-bond acceptors (Lipinski definition) is 6. The van der Waals surface area contributed by atoms with Gasteiger partial charge in [0.05, 0.1) is 11.8 Å². The Kier molecular flexibility index (Phi) is 5.29. The number of nitrogens with zero attached hydrogens (tertiary/aromatic N) is 4. The summed E-state index contributed by atoms with van der Waals surface area (Å²) in [5.41, 5.74) is 10.4. The first-order valence-corrected chi connectivity index (χ1v) is 11.3. The van der Waals surface area contributed by atoms with Crippen LogP contribution in [0.25, 0.3) is 22.0 Å². The highest BCUT2D eigenvalue weighted by atomic mass is 16.1. The van der Waals surface area contributed by atoms with E-state index in [1.54, 1.807) is 24.7 Å². The van der Waals surface area contributed by atoms with Gasteiger partial charge in [-0.1, -0.05) is 5.57 Å². The van der Waals surface area contributed by atoms with E-state index in [0.717, 1.165) is 66.1 Å². The smallest absolute Gasteiger partial charge is 0.249 e. The highest BCUT2D eigenvalue weighted by molar-refractivity contribution is 6.01. The fraction of sp³-hybridized carbons (Fsp3) is 0.346. The molecular weight excluding hydrogens is 412 g/mol. The Labute approximate surface area is 192 Å². The van der Waals surface area contributed by atoms with Gasteiger partial charge in [-0.15, -0.1) is 0 Å². The molecule has 7 heteroatoms. The molecule has 166 valence electrons. The zero-order valence-corrected chi connectivity index (χ0v) is 18.6. The minimum atomic E-state index is -0.164. The number of fused-ring (bicyclic) bond motifs is 1. The van der Waals surface area contributed by atoms with Gasteiger partial charge >= 0.3 is 0 Å². The van der Waals surface area contributed by atoms with Crippen molar-refractivity contribution in [3.63, 3.8) is 0 Å². The van der Waals surface area contributed by atoms with Crippen LogP contribution in [0.1, 0.15) is 44.1 Å². The SMILES string of the molecule is Cc1ccncc1-c1cc2cc(NC(=O)C=C3CC4(CCC(C#N)CC4)C3)ncc2c(N)n1. The molecule has 2 aliphatic rings. The van der Waals surface area contributed by atoms with Crippen LogP contribution >= 0.6 is 0 Å². The third-order valence-electron chi connectivity index (χ3n) is 7.08. The van der Waals surface area contributed by atoms with Gasteiger partial charge in [0, 0.05) is 41.5 Å². The van der Waals surface area contributed by atoms with Gasteiger partial charge in [0.25, 0.3) is 0 Å². The standard InChI is InChI=1S/C26H26N6O/c1-16-4-7-29-14-20(16)22-9-19-10-23(30-15-21(19)25(28)31-22)32-24(33)8-18-11-26(12-18)5-2-17(13-27)3-6-26/h4,7-10,14-15,17H,2-3,5-6,11-12H2,1H3,(H2,28,31)(H,30,32,33). The van der Waals surface area contributed by atoms with Crippen molar-refractivity contribution in [1.29, 1.82) is 5.26 Å². The molecule has 0 atom stereocenters. The van der Waals surface area contributed by atoms with E-state index in [1.165, 1.54) is 5.57 Å². The number of hydrogen-bond donors (Lipinski definition) is 2. The lowest BCUT2D eigenvalue weighted by molar-refractivity contribution is -0.112. The summed E-state index contributed by atoms with van der Waals surface area (Å²) in [6.45, 7) is 2.00. The molecule has 2 saturated carbocycles. The number of nitrogens with two attached hydrogens (primary N) is 1. The Balaban J connectivity index is 1.30. The largest absolute Gasteiger partial charge is 0.383 e. The molecule has 3 heterocycles. The van der Waals surface area contributed by atoms with E-state index in [4.69, 9.17) is 11.0 Å². The Hall–Kier alpha value is -3.79. The summed E-state index contributed by atoms with van der Waals surface area (Å²) < 4.78 is 0. The van der Waals surface area contributed by atoms with Crippen LogP contribution in [-0.2, 0) is 4.79 Å². The van der Waals surface area contributed by atoms with E-state index in [9.17, 15) is 4.79 Å². The number of nitriles is 1. The van der Waals surface area contributed by atoms with Crippen LogP contribution < -0.4 is 11.1 Å². The quantitative estimate of drug-likeness (QED) is 0.559. The minimum Gasteiger partial charge on any atom is -0.383 e. The molecule has 0 aromatic carbocycles. The van der Waals surface area contributed by atoms with Gasteiger partial charge in [-0.2, -0.15) is 5.26 Å². The maximum Gasteiger partial charge on any atom is 0.249 e. The Bertz CT molecular complexity index is 1300. The molecule has 0 saturated heterocycles. The summed E-state index contributed by atoms with van der Waals surface area (Å²) in [5, 5.41) is 13.6. The van der Waals surface area contributed by atoms with Crippen molar-refractivity contribution in [2.75, 3.05) is 11.1 Å². The number of carbonyl (C=O) groups excluding carboxylic acids is 1. The van der Waals surface area contributed by atoms with Crippen LogP contribution in [0.5, 0.6) is 0 Å². The zero-order chi connectivity index (χ0) is 23.0. The number of nitrogens with one attached hydrogen (secondary N) is 1. The summed E-state index contributed by atoms with van der Waals surface area (Å²) in [4.78, 5) is 25.7. The summed E-state index contributed by atoms with van der Waals surface area (Å²) >= 11 is 0. The van der Waals surface area contributed by atoms with E-state index >= 15 is 0 Å². The van der Waals surface area contributed by atoms with Crippen LogP contribution in [0.3, 0.4) is 0 Å². The number of aromatic nitrogens is 3. The van der Waals surface area contributed by atoms with Crippen LogP contribution in [0.4, 0.5) is 11.6 Å². The highest BCUT2D eigenvalue weighted by Gasteiger charge is 2.43. The average molecular weight is 439 g/mol. The van der Waals surface area contributed by atoms with Gasteiger partial charge in [0.15, 0.2) is 0 Å². The van der Waals surface area contributed by atoms with Crippen LogP contribution in [-0.4, -0.2) is 20.9 Å². The lowest BCUT2D eigenvalue weighted by Crippen LogP contribution is -2.36. The molecule has 1 spiro atoms. The topological polar surface area (TPSA) is 118 Å². The summed E-state index contributed by atoms with van der Waals surface area (Å²) in [6.07, 6.45) is 12.9. The third kappa shape index (κ3) is 4.17. The highest BCUT2D eigenvalue weighted by Crippen LogP contribution is 2.55. The molecule has 3 aromatic rings. The Morgan fingerprint density at radius 1 is 1.27 bits per heavy atom. The van der Waals surface area contributed by atoms with Gasteiger partial charge in [0.2, 0.25) is 5.91 Å². The normalized spacial score (nSPS) is 21.9. The second-order valence-corrected chi connectivity index (χ2v) is 9.42. The molecular formula is C26H26N6O. The first kappa shape index (κ1) is 21.1. The van der Waals surface area contributed by atoms with Gasteiger partial charge in [-0.3, -0.25) is 9.78 Å². The first-order chi connectivity index (χ1) is 15.9. The van der Waals surface area contributed by atoms with E-state index in [0.29, 0.717) is 17.1 Å². The third-order valence-corrected chi connectivity index (χ3v) is 7.08. The van der Waals surface area contributed by atoms with Crippen molar-refractivity contribution < 1.29 is 4.79 Å². The molecule has 2 fully saturated rings. The fourth-order valence-electron chi connectivity index (χ4n) is 5.19. The molecule has 5 rings (SSSR count). The molecule has 3 aromatic heterocycles. The predicted octanol–water partition coefficient (Wildman–Crippen LogP) is 4.94. The van der Waals surface area contributed by atoms with Crippen LogP contribution in [0.2, 0.25) is 0 Å². The number of carbonyl (C=O) groups is 1. The van der Waals surface area contributed by atoms with Crippen LogP contribution in [0.15, 0.2) is 48.4 Å². The van der Waals surface area contributed by atoms with Gasteiger partial charge in [-0.25, -0.2) is 9.97 Å². The lowest BCUT2D eigenvalue weighted by atomic mass is 9.57. The number of anilines is 2. The van der Waals surface area contributed by atoms with Crippen molar-refractivity contribution in [3.05, 3.63) is 54.0 Å². The Morgan fingerprint density at radius 2 is 2.06 bits per heavy atom. The second-order valence-electron chi connectivity index (χ2n) is 9.42. The molecule has 0 radical (unpaired) electrons. The predicted molar refractivity (Wildman–Crippen MR) is 128 cm³/mol. The number of allylic oxidation sites excluding steroid dienone is 1. The maximum absolute atomic E-state index is 12.6. The van der Waals surface area contributed by atoms with Gasteiger partial charge < -0.3 is 11.1 Å². The molecule has 0 bridgehead atoms. The van der Waals surface area contributed by atoms with Gasteiger partial charge in [-0.05, 0) is 80.0 Å². The monoisotopic (exact) mass is 438 g/mol. The number of rotatable bonds is 3. The second kappa shape index (κ2) is 8.28. The molecule has 1 amide bonds. The van der Waals surface area contributed by atoms with E-state index in [1.807, 2.05) is 25.1 Å². The zero-order valence-electron chi connectivity index (χ0n) is 18.6. The van der Waals surface area contributed by atoms with Gasteiger partial charge in [0.1, 0.15) is 11.6 Å².